The quantitative estimate of drug-likeness (QED) is 0.450. The fourth-order valence-electron chi connectivity index (χ4n) is 8.99. The third-order valence-corrected chi connectivity index (χ3v) is 10.7. The minimum atomic E-state index is -1.23. The molecule has 0 radical (unpaired) electrons. The molecule has 0 unspecified atom stereocenters. The van der Waals surface area contributed by atoms with Gasteiger partial charge in [0.25, 0.3) is 0 Å². The Hall–Kier alpha value is -1.73. The molecule has 35 heavy (non-hydrogen) atoms. The first-order chi connectivity index (χ1) is 16.5. The van der Waals surface area contributed by atoms with Gasteiger partial charge in [-0.3, -0.25) is 4.79 Å². The van der Waals surface area contributed by atoms with Crippen LogP contribution in [0, 0.1) is 34.5 Å². The topological polar surface area (TPSA) is 110 Å². The summed E-state index contributed by atoms with van der Waals surface area (Å²) in [7, 11) is 0. The number of fused-ring (bicyclic) bond motifs is 5. The summed E-state index contributed by atoms with van der Waals surface area (Å²) in [5, 5.41) is 24.2. The van der Waals surface area contributed by atoms with Crippen molar-refractivity contribution >= 4 is 18.2 Å². The highest BCUT2D eigenvalue weighted by molar-refractivity contribution is 5.85. The Morgan fingerprint density at radius 1 is 1.14 bits per heavy atom. The average molecular weight is 489 g/mol. The highest BCUT2D eigenvalue weighted by Crippen LogP contribution is 2.70. The van der Waals surface area contributed by atoms with E-state index in [1.165, 1.54) is 0 Å². The zero-order chi connectivity index (χ0) is 25.2. The molecule has 5 rings (SSSR count). The van der Waals surface area contributed by atoms with Crippen molar-refractivity contribution in [1.29, 1.82) is 0 Å². The van der Waals surface area contributed by atoms with Crippen LogP contribution >= 0.6 is 0 Å². The van der Waals surface area contributed by atoms with Gasteiger partial charge in [-0.25, -0.2) is 4.79 Å². The molecule has 4 fully saturated rings. The van der Waals surface area contributed by atoms with E-state index in [2.05, 4.69) is 6.92 Å². The fraction of sp³-hybridized carbons (Fsp3) is 0.821. The zero-order valence-corrected chi connectivity index (χ0v) is 21.3. The van der Waals surface area contributed by atoms with E-state index >= 15 is 0 Å². The summed E-state index contributed by atoms with van der Waals surface area (Å²) in [5.41, 5.74) is -2.53. The number of aldehydes is 1. The molecule has 4 aliphatic carbocycles. The number of aliphatic hydroxyl groups is 2. The largest absolute Gasteiger partial charge is 0.462 e. The van der Waals surface area contributed by atoms with Gasteiger partial charge in [0.1, 0.15) is 19.0 Å². The first-order valence-corrected chi connectivity index (χ1v) is 13.5. The van der Waals surface area contributed by atoms with E-state index < -0.39 is 22.0 Å². The molecule has 1 heterocycles. The number of hydrogen-bond donors (Lipinski definition) is 2. The molecule has 0 aromatic carbocycles. The predicted molar refractivity (Wildman–Crippen MR) is 127 cm³/mol. The molecule has 1 aliphatic heterocycles. The van der Waals surface area contributed by atoms with E-state index in [0.29, 0.717) is 45.1 Å². The highest BCUT2D eigenvalue weighted by atomic mass is 16.5. The lowest BCUT2D eigenvalue weighted by Gasteiger charge is -2.65. The summed E-state index contributed by atoms with van der Waals surface area (Å²) in [6, 6.07) is 0. The molecule has 4 saturated carbocycles. The van der Waals surface area contributed by atoms with Crippen LogP contribution in [0.4, 0.5) is 0 Å². The van der Waals surface area contributed by atoms with E-state index in [1.54, 1.807) is 6.08 Å². The van der Waals surface area contributed by atoms with Crippen molar-refractivity contribution in [3.8, 4) is 0 Å². The maximum Gasteiger partial charge on any atom is 0.331 e. The fourth-order valence-corrected chi connectivity index (χ4v) is 8.99. The number of hydrogen-bond acceptors (Lipinski definition) is 7. The maximum absolute atomic E-state index is 12.8. The number of cyclic esters (lactones) is 1. The normalized spacial score (nSPS) is 46.8. The molecular formula is C28H40O7. The van der Waals surface area contributed by atoms with Gasteiger partial charge in [-0.05, 0) is 80.6 Å². The monoisotopic (exact) mass is 488 g/mol. The molecule has 0 spiro atoms. The van der Waals surface area contributed by atoms with Gasteiger partial charge < -0.3 is 24.5 Å². The first kappa shape index (κ1) is 24.9. The summed E-state index contributed by atoms with van der Waals surface area (Å²) in [5.74, 6) is -0.459. The summed E-state index contributed by atoms with van der Waals surface area (Å²) in [6.45, 7) is 6.39. The molecule has 7 nitrogen and oxygen atoms in total. The van der Waals surface area contributed by atoms with Gasteiger partial charge in [0, 0.05) is 24.3 Å². The summed E-state index contributed by atoms with van der Waals surface area (Å²) >= 11 is 0. The Bertz CT molecular complexity index is 942. The van der Waals surface area contributed by atoms with Gasteiger partial charge in [-0.15, -0.1) is 0 Å². The van der Waals surface area contributed by atoms with Crippen LogP contribution < -0.4 is 0 Å². The molecule has 0 aromatic heterocycles. The Morgan fingerprint density at radius 3 is 2.54 bits per heavy atom. The molecule has 0 amide bonds. The second-order valence-corrected chi connectivity index (χ2v) is 12.7. The van der Waals surface area contributed by atoms with E-state index in [0.717, 1.165) is 31.1 Å². The van der Waals surface area contributed by atoms with Crippen molar-refractivity contribution in [2.24, 2.45) is 34.5 Å². The van der Waals surface area contributed by atoms with Gasteiger partial charge in [-0.1, -0.05) is 20.8 Å². The van der Waals surface area contributed by atoms with Crippen molar-refractivity contribution in [2.75, 3.05) is 6.61 Å². The van der Waals surface area contributed by atoms with Crippen molar-refractivity contribution in [3.63, 3.8) is 0 Å². The Labute approximate surface area is 207 Å². The number of rotatable bonds is 5. The smallest absolute Gasteiger partial charge is 0.331 e. The predicted octanol–water partition coefficient (Wildman–Crippen LogP) is 3.50. The number of ether oxygens (including phenoxy) is 2. The molecular weight excluding hydrogens is 448 g/mol. The van der Waals surface area contributed by atoms with Crippen LogP contribution in [0.25, 0.3) is 0 Å². The van der Waals surface area contributed by atoms with Crippen LogP contribution in [0.2, 0.25) is 0 Å². The SMILES string of the molecule is CC(C)CC(=O)O[C@H]1CC[C@]2(C=O)[C@H]3CC[C@]4(C)[C@@H](C5=CC(=O)OC5)CC[C@]4(O)[C@@H]3CC[C@]2(O)C1. The third kappa shape index (κ3) is 3.55. The standard InChI is InChI=1S/C28H40O7/c1-17(2)12-24(31)35-19-4-9-26(16-29)21-5-8-25(3)20(18-13-23(30)34-15-18)7-11-28(25,33)22(21)6-10-27(26,32)14-19/h13,16-17,19-22,32-33H,4-12,14-15H2,1-3H3/t19-,20+,21-,22+,25+,26-,27-,28-/m0/s1. The van der Waals surface area contributed by atoms with E-state index in [9.17, 15) is 24.6 Å². The van der Waals surface area contributed by atoms with E-state index in [4.69, 9.17) is 9.47 Å². The second kappa shape index (κ2) is 8.41. The van der Waals surface area contributed by atoms with Gasteiger partial charge in [-0.2, -0.15) is 0 Å². The zero-order valence-electron chi connectivity index (χ0n) is 21.3. The van der Waals surface area contributed by atoms with Crippen molar-refractivity contribution in [3.05, 3.63) is 11.6 Å². The molecule has 5 aliphatic rings. The van der Waals surface area contributed by atoms with Gasteiger partial charge in [0.05, 0.1) is 16.6 Å². The average Bonchev–Trinajstić information content (AvgIpc) is 3.32. The van der Waals surface area contributed by atoms with Crippen LogP contribution in [-0.2, 0) is 23.9 Å². The summed E-state index contributed by atoms with van der Waals surface area (Å²) in [4.78, 5) is 36.9. The molecule has 2 N–H and O–H groups in total. The first-order valence-electron chi connectivity index (χ1n) is 13.5. The lowest BCUT2D eigenvalue weighted by molar-refractivity contribution is -0.249. The van der Waals surface area contributed by atoms with Crippen LogP contribution in [0.5, 0.6) is 0 Å². The summed E-state index contributed by atoms with van der Waals surface area (Å²) in [6.07, 6.45) is 7.81. The third-order valence-electron chi connectivity index (χ3n) is 10.7. The second-order valence-electron chi connectivity index (χ2n) is 12.7. The van der Waals surface area contributed by atoms with Crippen LogP contribution in [0.15, 0.2) is 11.6 Å². The number of carbonyl (C=O) groups excluding carboxylic acids is 3. The van der Waals surface area contributed by atoms with Gasteiger partial charge in [0.2, 0.25) is 0 Å². The lowest BCUT2D eigenvalue weighted by Crippen LogP contribution is -2.69. The Balaban J connectivity index is 1.39. The molecule has 8 atom stereocenters. The molecule has 7 heteroatoms. The van der Waals surface area contributed by atoms with Crippen molar-refractivity contribution < 1.29 is 34.1 Å². The number of esters is 2. The molecule has 0 saturated heterocycles. The minimum Gasteiger partial charge on any atom is -0.462 e. The van der Waals surface area contributed by atoms with Crippen LogP contribution in [0.1, 0.15) is 85.0 Å². The summed E-state index contributed by atoms with van der Waals surface area (Å²) < 4.78 is 10.9. The van der Waals surface area contributed by atoms with Gasteiger partial charge >= 0.3 is 11.9 Å². The molecule has 194 valence electrons. The van der Waals surface area contributed by atoms with Crippen LogP contribution in [-0.4, -0.2) is 52.4 Å². The van der Waals surface area contributed by atoms with Crippen molar-refractivity contribution in [2.45, 2.75) is 102 Å². The van der Waals surface area contributed by atoms with Gasteiger partial charge in [0.15, 0.2) is 0 Å². The Morgan fingerprint density at radius 2 is 1.89 bits per heavy atom. The highest BCUT2D eigenvalue weighted by Gasteiger charge is 2.71. The maximum atomic E-state index is 12.8. The lowest BCUT2D eigenvalue weighted by atomic mass is 9.41. The van der Waals surface area contributed by atoms with E-state index in [-0.39, 0.29) is 48.1 Å². The van der Waals surface area contributed by atoms with Crippen molar-refractivity contribution in [1.82, 2.24) is 0 Å². The number of carbonyl (C=O) groups is 3. The molecule has 0 aromatic rings. The van der Waals surface area contributed by atoms with E-state index in [1.807, 2.05) is 13.8 Å². The molecule has 0 bridgehead atoms. The minimum absolute atomic E-state index is 0.0870. The van der Waals surface area contributed by atoms with Crippen LogP contribution in [0.3, 0.4) is 0 Å². The Kier molecular flexibility index (Phi) is 5.99.